The van der Waals surface area contributed by atoms with E-state index in [1.165, 1.54) is 7.05 Å². The first-order valence-corrected chi connectivity index (χ1v) is 5.96. The molecule has 1 saturated heterocycles. The molecule has 0 aromatic carbocycles. The zero-order valence-electron chi connectivity index (χ0n) is 11.5. The lowest BCUT2D eigenvalue weighted by molar-refractivity contribution is 0.0160. The molecule has 0 atom stereocenters. The van der Waals surface area contributed by atoms with Crippen molar-refractivity contribution in [3.63, 3.8) is 0 Å². The van der Waals surface area contributed by atoms with E-state index in [9.17, 15) is 9.59 Å². The fourth-order valence-electron chi connectivity index (χ4n) is 1.63. The molecule has 0 spiro atoms. The second-order valence-corrected chi connectivity index (χ2v) is 5.35. The summed E-state index contributed by atoms with van der Waals surface area (Å²) in [7, 11) is 1.50. The average Bonchev–Trinajstić information content (AvgIpc) is 2.26. The van der Waals surface area contributed by atoms with E-state index in [1.807, 2.05) is 20.8 Å². The molecule has 1 heterocycles. The van der Waals surface area contributed by atoms with Crippen LogP contribution in [0.1, 0.15) is 20.8 Å². The number of amides is 3. The van der Waals surface area contributed by atoms with E-state index in [2.05, 4.69) is 0 Å². The maximum Gasteiger partial charge on any atom is 0.410 e. The molecule has 2 N–H and O–H groups in total. The number of rotatable bonds is 0. The fourth-order valence-corrected chi connectivity index (χ4v) is 1.63. The topological polar surface area (TPSA) is 79.1 Å². The lowest BCUT2D eigenvalue weighted by Crippen LogP contribution is -2.55. The summed E-state index contributed by atoms with van der Waals surface area (Å²) >= 11 is 0. The third-order valence-corrected chi connectivity index (χ3v) is 2.50. The highest BCUT2D eigenvalue weighted by molar-refractivity contribution is 5.74. The number of hydrogen-bond donors (Lipinski definition) is 1. The predicted molar refractivity (Wildman–Crippen MR) is 66.7 cm³/mol. The summed E-state index contributed by atoms with van der Waals surface area (Å²) in [5.74, 6) is 5.38. The van der Waals surface area contributed by atoms with Crippen molar-refractivity contribution in [2.75, 3.05) is 33.2 Å². The van der Waals surface area contributed by atoms with Crippen LogP contribution in [0.5, 0.6) is 0 Å². The van der Waals surface area contributed by atoms with Gasteiger partial charge in [-0.25, -0.2) is 15.4 Å². The van der Waals surface area contributed by atoms with E-state index in [0.29, 0.717) is 26.2 Å². The number of nitrogens with two attached hydrogens (primary N) is 1. The van der Waals surface area contributed by atoms with Gasteiger partial charge < -0.3 is 14.5 Å². The molecule has 0 bridgehead atoms. The number of ether oxygens (including phenoxy) is 1. The van der Waals surface area contributed by atoms with Gasteiger partial charge in [0.25, 0.3) is 0 Å². The van der Waals surface area contributed by atoms with Crippen LogP contribution in [0.2, 0.25) is 0 Å². The molecule has 0 aliphatic carbocycles. The lowest BCUT2D eigenvalue weighted by Gasteiger charge is -2.36. The zero-order valence-corrected chi connectivity index (χ0v) is 11.5. The zero-order chi connectivity index (χ0) is 13.9. The summed E-state index contributed by atoms with van der Waals surface area (Å²) in [5.41, 5.74) is -0.498. The Balaban J connectivity index is 2.44. The van der Waals surface area contributed by atoms with Crippen LogP contribution in [0.15, 0.2) is 0 Å². The van der Waals surface area contributed by atoms with Crippen molar-refractivity contribution in [3.05, 3.63) is 0 Å². The van der Waals surface area contributed by atoms with Gasteiger partial charge in [-0.05, 0) is 20.8 Å². The summed E-state index contributed by atoms with van der Waals surface area (Å²) in [6.07, 6.45) is -0.337. The second kappa shape index (κ2) is 5.43. The second-order valence-electron chi connectivity index (χ2n) is 5.35. The highest BCUT2D eigenvalue weighted by Crippen LogP contribution is 2.12. The summed E-state index contributed by atoms with van der Waals surface area (Å²) in [6.45, 7) is 7.36. The van der Waals surface area contributed by atoms with Gasteiger partial charge in [0, 0.05) is 33.2 Å². The Morgan fingerprint density at radius 2 is 1.56 bits per heavy atom. The van der Waals surface area contributed by atoms with Crippen molar-refractivity contribution in [2.24, 2.45) is 5.84 Å². The van der Waals surface area contributed by atoms with Crippen LogP contribution in [0, 0.1) is 0 Å². The van der Waals surface area contributed by atoms with E-state index in [0.717, 1.165) is 5.01 Å². The molecule has 18 heavy (non-hydrogen) atoms. The molecular formula is C11H22N4O3. The Morgan fingerprint density at radius 3 is 1.94 bits per heavy atom. The van der Waals surface area contributed by atoms with Crippen LogP contribution < -0.4 is 5.84 Å². The van der Waals surface area contributed by atoms with Gasteiger partial charge in [0.2, 0.25) is 0 Å². The van der Waals surface area contributed by atoms with E-state index >= 15 is 0 Å². The van der Waals surface area contributed by atoms with Gasteiger partial charge in [-0.2, -0.15) is 0 Å². The normalized spacial score (nSPS) is 16.5. The molecule has 3 amide bonds. The minimum Gasteiger partial charge on any atom is -0.444 e. The van der Waals surface area contributed by atoms with Crippen molar-refractivity contribution in [3.8, 4) is 0 Å². The molecule has 0 aromatic rings. The first-order chi connectivity index (χ1) is 8.20. The molecule has 1 aliphatic heterocycles. The highest BCUT2D eigenvalue weighted by atomic mass is 16.6. The van der Waals surface area contributed by atoms with Crippen LogP contribution in [0.4, 0.5) is 9.59 Å². The number of carbonyl (C=O) groups is 2. The first kappa shape index (κ1) is 14.6. The summed E-state index contributed by atoms with van der Waals surface area (Å²) < 4.78 is 5.27. The third kappa shape index (κ3) is 4.06. The maximum absolute atomic E-state index is 11.8. The SMILES string of the molecule is CN(N)C(=O)N1CCN(C(=O)OC(C)(C)C)CC1. The monoisotopic (exact) mass is 258 g/mol. The summed E-state index contributed by atoms with van der Waals surface area (Å²) in [5, 5.41) is 1.04. The predicted octanol–water partition coefficient (Wildman–Crippen LogP) is 0.465. The van der Waals surface area contributed by atoms with E-state index < -0.39 is 5.60 Å². The van der Waals surface area contributed by atoms with Gasteiger partial charge in [0.05, 0.1) is 0 Å². The van der Waals surface area contributed by atoms with Crippen molar-refractivity contribution in [1.29, 1.82) is 0 Å². The van der Waals surface area contributed by atoms with Crippen molar-refractivity contribution in [1.82, 2.24) is 14.8 Å². The highest BCUT2D eigenvalue weighted by Gasteiger charge is 2.28. The average molecular weight is 258 g/mol. The lowest BCUT2D eigenvalue weighted by atomic mass is 10.2. The number of hydrazine groups is 1. The molecule has 104 valence electrons. The van der Waals surface area contributed by atoms with Gasteiger partial charge in [0.15, 0.2) is 0 Å². The Bertz CT molecular complexity index is 317. The van der Waals surface area contributed by atoms with Gasteiger partial charge in [-0.15, -0.1) is 0 Å². The minimum absolute atomic E-state index is 0.237. The molecule has 0 saturated carbocycles. The molecule has 1 fully saturated rings. The Morgan fingerprint density at radius 1 is 1.11 bits per heavy atom. The van der Waals surface area contributed by atoms with Gasteiger partial charge in [0.1, 0.15) is 5.60 Å². The molecule has 0 unspecified atom stereocenters. The Kier molecular flexibility index (Phi) is 4.39. The van der Waals surface area contributed by atoms with Crippen LogP contribution in [-0.4, -0.2) is 65.8 Å². The number of nitrogens with zero attached hydrogens (tertiary/aromatic N) is 3. The maximum atomic E-state index is 11.8. The molecular weight excluding hydrogens is 236 g/mol. The van der Waals surface area contributed by atoms with Crippen molar-refractivity contribution < 1.29 is 14.3 Å². The third-order valence-electron chi connectivity index (χ3n) is 2.50. The molecule has 1 aliphatic rings. The van der Waals surface area contributed by atoms with E-state index in [4.69, 9.17) is 10.6 Å². The van der Waals surface area contributed by atoms with Crippen molar-refractivity contribution in [2.45, 2.75) is 26.4 Å². The molecule has 1 rings (SSSR count). The van der Waals surface area contributed by atoms with Crippen LogP contribution in [0.3, 0.4) is 0 Å². The van der Waals surface area contributed by atoms with Crippen LogP contribution in [-0.2, 0) is 4.74 Å². The standard InChI is InChI=1S/C11H22N4O3/c1-11(2,3)18-10(17)15-7-5-14(6-8-15)9(16)13(4)12/h5-8,12H2,1-4H3. The van der Waals surface area contributed by atoms with Gasteiger partial charge >= 0.3 is 12.1 Å². The smallest absolute Gasteiger partial charge is 0.410 e. The quantitative estimate of drug-likeness (QED) is 0.389. The Hall–Kier alpha value is -1.50. The van der Waals surface area contributed by atoms with Gasteiger partial charge in [-0.3, -0.25) is 5.01 Å². The fraction of sp³-hybridized carbons (Fsp3) is 0.818. The molecule has 0 aromatic heterocycles. The molecule has 0 radical (unpaired) electrons. The number of piperazine rings is 1. The summed E-state index contributed by atoms with van der Waals surface area (Å²) in [6, 6.07) is -0.237. The van der Waals surface area contributed by atoms with Crippen LogP contribution in [0.25, 0.3) is 0 Å². The first-order valence-electron chi connectivity index (χ1n) is 5.96. The molecule has 7 nitrogen and oxygen atoms in total. The number of urea groups is 1. The van der Waals surface area contributed by atoms with Gasteiger partial charge in [-0.1, -0.05) is 0 Å². The number of carbonyl (C=O) groups excluding carboxylic acids is 2. The summed E-state index contributed by atoms with van der Waals surface area (Å²) in [4.78, 5) is 26.6. The largest absolute Gasteiger partial charge is 0.444 e. The van der Waals surface area contributed by atoms with Crippen LogP contribution >= 0.6 is 0 Å². The number of hydrogen-bond acceptors (Lipinski definition) is 4. The Labute approximate surface area is 107 Å². The van der Waals surface area contributed by atoms with E-state index in [1.54, 1.807) is 9.80 Å². The minimum atomic E-state index is -0.498. The molecule has 7 heteroatoms. The van der Waals surface area contributed by atoms with E-state index in [-0.39, 0.29) is 12.1 Å². The van der Waals surface area contributed by atoms with Crippen molar-refractivity contribution >= 4 is 12.1 Å².